The van der Waals surface area contributed by atoms with E-state index in [9.17, 15) is 0 Å². The van der Waals surface area contributed by atoms with Crippen LogP contribution < -0.4 is 10.4 Å². The molecule has 2 atom stereocenters. The molecule has 0 saturated heterocycles. The number of aryl methyl sites for hydroxylation is 2. The van der Waals surface area contributed by atoms with Gasteiger partial charge >= 0.3 is 0 Å². The van der Waals surface area contributed by atoms with Crippen LogP contribution in [0.4, 0.5) is 0 Å². The Morgan fingerprint density at radius 2 is 0.947 bits per heavy atom. The quantitative estimate of drug-likeness (QED) is 0.198. The average molecular weight is 501 g/mol. The Morgan fingerprint density at radius 3 is 1.45 bits per heavy atom. The van der Waals surface area contributed by atoms with Crippen molar-refractivity contribution in [2.75, 3.05) is 0 Å². The molecule has 0 N–H and O–H groups in total. The van der Waals surface area contributed by atoms with Gasteiger partial charge in [-0.15, -0.1) is 0 Å². The number of benzene rings is 5. The van der Waals surface area contributed by atoms with Crippen LogP contribution in [-0.4, -0.2) is 0 Å². The summed E-state index contributed by atoms with van der Waals surface area (Å²) in [6, 6.07) is 38.5. The van der Waals surface area contributed by atoms with E-state index in [1.165, 1.54) is 49.5 Å². The highest BCUT2D eigenvalue weighted by Gasteiger charge is 2.47. The van der Waals surface area contributed by atoms with Crippen LogP contribution in [0.1, 0.15) is 52.2 Å². The van der Waals surface area contributed by atoms with E-state index in [-0.39, 0.29) is 0 Å². The van der Waals surface area contributed by atoms with Crippen LogP contribution in [0.3, 0.4) is 0 Å². The van der Waals surface area contributed by atoms with E-state index in [0.29, 0.717) is 5.41 Å². The van der Waals surface area contributed by atoms with E-state index in [0.717, 1.165) is 5.92 Å². The molecule has 0 heteroatoms. The summed E-state index contributed by atoms with van der Waals surface area (Å²) in [5, 5.41) is 8.14. The van der Waals surface area contributed by atoms with Crippen molar-refractivity contribution in [1.29, 1.82) is 0 Å². The van der Waals surface area contributed by atoms with Crippen molar-refractivity contribution in [2.45, 2.75) is 54.9 Å². The van der Waals surface area contributed by atoms with Crippen molar-refractivity contribution in [2.24, 2.45) is 11.3 Å². The van der Waals surface area contributed by atoms with Crippen molar-refractivity contribution in [3.05, 3.63) is 131 Å². The van der Waals surface area contributed by atoms with Gasteiger partial charge in [0.1, 0.15) is 0 Å². The van der Waals surface area contributed by atoms with Gasteiger partial charge in [0.15, 0.2) is 0 Å². The predicted molar refractivity (Wildman–Crippen MR) is 171 cm³/mol. The summed E-state index contributed by atoms with van der Waals surface area (Å²) in [7, 11) is 0. The summed E-state index contributed by atoms with van der Waals surface area (Å²) in [4.78, 5) is 0. The summed E-state index contributed by atoms with van der Waals surface area (Å²) in [6.07, 6.45) is 6.21. The molecule has 1 saturated carbocycles. The molecule has 0 aromatic heterocycles. The van der Waals surface area contributed by atoms with Gasteiger partial charge in [-0.2, -0.15) is 0 Å². The second-order valence-electron chi connectivity index (χ2n) is 9.96. The van der Waals surface area contributed by atoms with E-state index in [1.54, 1.807) is 0 Å². The molecule has 5 aromatic rings. The van der Waals surface area contributed by atoms with Crippen LogP contribution in [0.5, 0.6) is 0 Å². The molecule has 2 unspecified atom stereocenters. The minimum Gasteiger partial charge on any atom is -0.0727 e. The first-order chi connectivity index (χ1) is 18.5. The molecule has 0 bridgehead atoms. The van der Waals surface area contributed by atoms with Gasteiger partial charge in [0.2, 0.25) is 0 Å². The van der Waals surface area contributed by atoms with Crippen LogP contribution in [0.15, 0.2) is 109 Å². The van der Waals surface area contributed by atoms with Gasteiger partial charge < -0.3 is 0 Å². The Morgan fingerprint density at radius 1 is 0.526 bits per heavy atom. The zero-order valence-electron chi connectivity index (χ0n) is 24.3. The number of fused-ring (bicyclic) bond motifs is 4. The Bertz CT molecular complexity index is 1500. The van der Waals surface area contributed by atoms with Crippen LogP contribution in [0, 0.1) is 25.2 Å². The van der Waals surface area contributed by atoms with Crippen molar-refractivity contribution in [3.63, 3.8) is 0 Å². The summed E-state index contributed by atoms with van der Waals surface area (Å²) >= 11 is 0. The molecule has 0 radical (unpaired) electrons. The lowest BCUT2D eigenvalue weighted by Gasteiger charge is -2.06. The van der Waals surface area contributed by atoms with Crippen molar-refractivity contribution < 1.29 is 0 Å². The molecule has 0 heterocycles. The highest BCUT2D eigenvalue weighted by molar-refractivity contribution is 5.83. The molecule has 0 aliphatic heterocycles. The van der Waals surface area contributed by atoms with Crippen LogP contribution in [0.2, 0.25) is 0 Å². The zero-order chi connectivity index (χ0) is 27.5. The minimum atomic E-state index is 0.508. The Balaban J connectivity index is 0.000000148. The van der Waals surface area contributed by atoms with E-state index < -0.39 is 0 Å². The molecule has 0 amide bonds. The first kappa shape index (κ1) is 28.9. The highest BCUT2D eigenvalue weighted by Crippen LogP contribution is 2.55. The molecular formula is C38H44. The van der Waals surface area contributed by atoms with Crippen molar-refractivity contribution in [1.82, 2.24) is 0 Å². The standard InChI is InChI=1S/C12H12.2C11H10.2C2H6/c1-12-7-10-5-3-2-4-9(10)6-11(12)8-12;2*1-9-6-7-10-4-2-3-5-11(10)8-9;2*1-2/h2-7,11H,8H2,1H3;2*2-8H,1H3;2*1-2H3. The second kappa shape index (κ2) is 13.8. The molecule has 2 aliphatic carbocycles. The first-order valence-electron chi connectivity index (χ1n) is 14.2. The maximum Gasteiger partial charge on any atom is -0.00680 e. The normalized spacial score (nSPS) is 17.5. The molecule has 7 rings (SSSR count). The predicted octanol–water partition coefficient (Wildman–Crippen LogP) is 9.64. The lowest BCUT2D eigenvalue weighted by atomic mass is 9.99. The topological polar surface area (TPSA) is 0 Å². The lowest BCUT2D eigenvalue weighted by Crippen LogP contribution is -2.28. The Hall–Kier alpha value is -3.64. The maximum atomic E-state index is 2.44. The Kier molecular flexibility index (Phi) is 10.5. The molecule has 5 aromatic carbocycles. The number of hydrogen-bond donors (Lipinski definition) is 0. The van der Waals surface area contributed by atoms with Crippen molar-refractivity contribution >= 4 is 33.7 Å². The lowest BCUT2D eigenvalue weighted by molar-refractivity contribution is 0.749. The second-order valence-corrected chi connectivity index (χ2v) is 9.96. The van der Waals surface area contributed by atoms with Gasteiger partial charge in [-0.05, 0) is 63.6 Å². The summed E-state index contributed by atoms with van der Waals surface area (Å²) in [5.41, 5.74) is 3.15. The molecular weight excluding hydrogens is 456 g/mol. The monoisotopic (exact) mass is 500 g/mol. The van der Waals surface area contributed by atoms with Gasteiger partial charge in [-0.25, -0.2) is 0 Å². The summed E-state index contributed by atoms with van der Waals surface area (Å²) in [5.74, 6) is 0.826. The SMILES string of the molecule is CC.CC.CC12C=c3ccccc3=CC1C2.Cc1ccc2ccccc2c1.Cc1ccc2ccccc2c1. The third-order valence-corrected chi connectivity index (χ3v) is 7.02. The fourth-order valence-electron chi connectivity index (χ4n) is 4.81. The van der Waals surface area contributed by atoms with E-state index in [4.69, 9.17) is 0 Å². The zero-order valence-corrected chi connectivity index (χ0v) is 24.3. The molecule has 2 aliphatic rings. The Labute approximate surface area is 230 Å². The van der Waals surface area contributed by atoms with Gasteiger partial charge in [-0.1, -0.05) is 167 Å². The van der Waals surface area contributed by atoms with Gasteiger partial charge in [0, 0.05) is 0 Å². The molecule has 0 spiro atoms. The maximum absolute atomic E-state index is 2.44. The van der Waals surface area contributed by atoms with Crippen LogP contribution in [-0.2, 0) is 0 Å². The van der Waals surface area contributed by atoms with Gasteiger partial charge in [-0.3, -0.25) is 0 Å². The summed E-state index contributed by atoms with van der Waals surface area (Å²) in [6.45, 7) is 14.6. The molecule has 1 fully saturated rings. The molecule has 38 heavy (non-hydrogen) atoms. The summed E-state index contributed by atoms with van der Waals surface area (Å²) < 4.78 is 0. The van der Waals surface area contributed by atoms with Gasteiger partial charge in [0.25, 0.3) is 0 Å². The third kappa shape index (κ3) is 7.45. The minimum absolute atomic E-state index is 0.508. The van der Waals surface area contributed by atoms with E-state index >= 15 is 0 Å². The van der Waals surface area contributed by atoms with E-state index in [2.05, 4.69) is 142 Å². The number of rotatable bonds is 0. The smallest absolute Gasteiger partial charge is 0.00680 e. The average Bonchev–Trinajstić information content (AvgIpc) is 3.63. The largest absolute Gasteiger partial charge is 0.0727 e. The highest BCUT2D eigenvalue weighted by atomic mass is 14.5. The van der Waals surface area contributed by atoms with E-state index in [1.807, 2.05) is 27.7 Å². The fourth-order valence-corrected chi connectivity index (χ4v) is 4.81. The first-order valence-corrected chi connectivity index (χ1v) is 14.2. The van der Waals surface area contributed by atoms with Crippen LogP contribution in [0.25, 0.3) is 33.7 Å². The number of hydrogen-bond acceptors (Lipinski definition) is 0. The third-order valence-electron chi connectivity index (χ3n) is 7.02. The van der Waals surface area contributed by atoms with Crippen molar-refractivity contribution in [3.8, 4) is 0 Å². The van der Waals surface area contributed by atoms with Crippen LogP contribution >= 0.6 is 0 Å². The fraction of sp³-hybridized carbons (Fsp3) is 0.263. The molecule has 196 valence electrons. The van der Waals surface area contributed by atoms with Gasteiger partial charge in [0.05, 0.1) is 0 Å². The molecule has 0 nitrogen and oxygen atoms in total.